The molecule has 1 saturated carbocycles. The van der Waals surface area contributed by atoms with Crippen molar-refractivity contribution in [3.05, 3.63) is 52.9 Å². The number of carbonyl (C=O) groups is 2. The molecule has 2 aromatic rings. The van der Waals surface area contributed by atoms with Crippen LogP contribution >= 0.6 is 24.0 Å². The fraction of sp³-hybridized carbons (Fsp3) is 0.500. The molecule has 7 heteroatoms. The van der Waals surface area contributed by atoms with Crippen LogP contribution in [0.3, 0.4) is 0 Å². The summed E-state index contributed by atoms with van der Waals surface area (Å²) in [7, 11) is 0. The minimum atomic E-state index is -0.654. The highest BCUT2D eigenvalue weighted by atomic mass is 32.1. The molecule has 0 saturated heterocycles. The zero-order valence-corrected chi connectivity index (χ0v) is 19.9. The van der Waals surface area contributed by atoms with Crippen LogP contribution < -0.4 is 10.6 Å². The third kappa shape index (κ3) is 6.34. The summed E-state index contributed by atoms with van der Waals surface area (Å²) >= 11 is 6.01. The van der Waals surface area contributed by atoms with Gasteiger partial charge in [-0.15, -0.1) is 11.3 Å². The van der Waals surface area contributed by atoms with Crippen LogP contribution in [-0.2, 0) is 20.7 Å². The molecule has 1 aliphatic carbocycles. The largest absolute Gasteiger partial charge is 0.379 e. The first-order valence-electron chi connectivity index (χ1n) is 10.9. The van der Waals surface area contributed by atoms with Crippen molar-refractivity contribution >= 4 is 40.8 Å². The number of hydrogen-bond donors (Lipinski definition) is 3. The van der Waals surface area contributed by atoms with E-state index >= 15 is 0 Å². The van der Waals surface area contributed by atoms with Gasteiger partial charge in [0.15, 0.2) is 0 Å². The van der Waals surface area contributed by atoms with Gasteiger partial charge in [0, 0.05) is 18.8 Å². The summed E-state index contributed by atoms with van der Waals surface area (Å²) in [5.41, 5.74) is 1.54. The van der Waals surface area contributed by atoms with Gasteiger partial charge in [0.1, 0.15) is 6.04 Å². The topological polar surface area (TPSA) is 67.4 Å². The average molecular weight is 461 g/mol. The van der Waals surface area contributed by atoms with E-state index in [2.05, 4.69) is 23.3 Å². The predicted octanol–water partition coefficient (Wildman–Crippen LogP) is 4.62. The van der Waals surface area contributed by atoms with Crippen molar-refractivity contribution in [1.29, 1.82) is 0 Å². The van der Waals surface area contributed by atoms with Crippen LogP contribution in [0, 0.1) is 12.3 Å². The summed E-state index contributed by atoms with van der Waals surface area (Å²) in [6.07, 6.45) is 3.76. The van der Waals surface area contributed by atoms with E-state index in [-0.39, 0.29) is 17.9 Å². The molecule has 0 radical (unpaired) electrons. The second kappa shape index (κ2) is 11.2. The zero-order valence-electron chi connectivity index (χ0n) is 18.2. The lowest BCUT2D eigenvalue weighted by atomic mass is 9.73. The molecular formula is C24H32N2O3S2. The van der Waals surface area contributed by atoms with E-state index < -0.39 is 11.5 Å². The maximum absolute atomic E-state index is 13.4. The summed E-state index contributed by atoms with van der Waals surface area (Å²) in [5, 5.41) is 8.82. The number of amides is 2. The van der Waals surface area contributed by atoms with Crippen molar-refractivity contribution in [3.8, 4) is 0 Å². The highest BCUT2D eigenvalue weighted by molar-refractivity contribution is 7.80. The van der Waals surface area contributed by atoms with Gasteiger partial charge in [-0.2, -0.15) is 12.6 Å². The van der Waals surface area contributed by atoms with E-state index in [9.17, 15) is 9.59 Å². The van der Waals surface area contributed by atoms with Gasteiger partial charge < -0.3 is 15.4 Å². The Balaban J connectivity index is 1.73. The summed E-state index contributed by atoms with van der Waals surface area (Å²) in [4.78, 5) is 26.5. The van der Waals surface area contributed by atoms with Gasteiger partial charge in [-0.25, -0.2) is 0 Å². The molecule has 1 aromatic heterocycles. The Bertz CT molecular complexity index is 861. The van der Waals surface area contributed by atoms with Gasteiger partial charge in [-0.05, 0) is 62.1 Å². The van der Waals surface area contributed by atoms with Gasteiger partial charge >= 0.3 is 0 Å². The van der Waals surface area contributed by atoms with Gasteiger partial charge in [0.2, 0.25) is 11.8 Å². The minimum absolute atomic E-state index is 0.0871. The standard InChI is InChI=1S/C24H32N2O3S2/c1-3-29-19-9-11-24(16-30,12-10-19)23(28)25-20(14-18-7-5-4-6-8-18)22(27)26-21-13-17(2)15-31-21/h4-8,13,15,19-20,30H,3,9-12,14,16H2,1-2H3,(H,25,28)(H,26,27)/t19?,20-,24?/m0/s1. The first-order chi connectivity index (χ1) is 15.0. The second-order valence-electron chi connectivity index (χ2n) is 8.29. The first-order valence-corrected chi connectivity index (χ1v) is 12.4. The number of anilines is 1. The summed E-state index contributed by atoms with van der Waals surface area (Å²) in [6, 6.07) is 11.1. The Morgan fingerprint density at radius 2 is 1.97 bits per heavy atom. The third-order valence-electron chi connectivity index (χ3n) is 5.96. The Morgan fingerprint density at radius 1 is 1.26 bits per heavy atom. The van der Waals surface area contributed by atoms with Crippen LogP contribution in [0.25, 0.3) is 0 Å². The number of hydrogen-bond acceptors (Lipinski definition) is 5. The highest BCUT2D eigenvalue weighted by Crippen LogP contribution is 2.39. The molecule has 2 N–H and O–H groups in total. The van der Waals surface area contributed by atoms with Crippen LogP contribution in [0.2, 0.25) is 0 Å². The number of thiophene rings is 1. The fourth-order valence-electron chi connectivity index (χ4n) is 4.08. The van der Waals surface area contributed by atoms with Crippen molar-refractivity contribution < 1.29 is 14.3 Å². The number of ether oxygens (including phenoxy) is 1. The van der Waals surface area contributed by atoms with Crippen molar-refractivity contribution in [2.45, 2.75) is 58.1 Å². The summed E-state index contributed by atoms with van der Waals surface area (Å²) < 4.78 is 5.75. The Morgan fingerprint density at radius 3 is 2.55 bits per heavy atom. The highest BCUT2D eigenvalue weighted by Gasteiger charge is 2.42. The first kappa shape index (κ1) is 23.8. The van der Waals surface area contributed by atoms with Crippen LogP contribution in [0.4, 0.5) is 5.00 Å². The molecular weight excluding hydrogens is 428 g/mol. The number of nitrogens with one attached hydrogen (secondary N) is 2. The lowest BCUT2D eigenvalue weighted by Gasteiger charge is -2.38. The zero-order chi connectivity index (χ0) is 22.3. The molecule has 1 aliphatic rings. The minimum Gasteiger partial charge on any atom is -0.379 e. The normalized spacial score (nSPS) is 22.0. The van der Waals surface area contributed by atoms with E-state index in [1.807, 2.05) is 55.6 Å². The van der Waals surface area contributed by atoms with Crippen LogP contribution in [0.15, 0.2) is 41.8 Å². The van der Waals surface area contributed by atoms with E-state index in [0.29, 0.717) is 18.8 Å². The molecule has 2 amide bonds. The quantitative estimate of drug-likeness (QED) is 0.479. The number of aryl methyl sites for hydroxylation is 1. The number of thiol groups is 1. The number of rotatable bonds is 9. The Hall–Kier alpha value is -1.83. The van der Waals surface area contributed by atoms with E-state index in [1.165, 1.54) is 11.3 Å². The second-order valence-corrected chi connectivity index (χ2v) is 9.51. The maximum Gasteiger partial charge on any atom is 0.247 e. The van der Waals surface area contributed by atoms with Crippen molar-refractivity contribution in [3.63, 3.8) is 0 Å². The van der Waals surface area contributed by atoms with E-state index in [1.54, 1.807) is 0 Å². The molecule has 1 aromatic carbocycles. The van der Waals surface area contributed by atoms with Gasteiger partial charge in [-0.1, -0.05) is 30.3 Å². The molecule has 168 valence electrons. The predicted molar refractivity (Wildman–Crippen MR) is 130 cm³/mol. The molecule has 5 nitrogen and oxygen atoms in total. The smallest absolute Gasteiger partial charge is 0.247 e. The lowest BCUT2D eigenvalue weighted by molar-refractivity contribution is -0.136. The van der Waals surface area contributed by atoms with Crippen LogP contribution in [-0.4, -0.2) is 36.3 Å². The van der Waals surface area contributed by atoms with Crippen molar-refractivity contribution in [2.24, 2.45) is 5.41 Å². The Kier molecular flexibility index (Phi) is 8.58. The summed E-state index contributed by atoms with van der Waals surface area (Å²) in [6.45, 7) is 4.67. The molecule has 0 spiro atoms. The van der Waals surface area contributed by atoms with Crippen molar-refractivity contribution in [2.75, 3.05) is 17.7 Å². The molecule has 0 unspecified atom stereocenters. The summed E-state index contributed by atoms with van der Waals surface area (Å²) in [5.74, 6) is 0.175. The fourth-order valence-corrected chi connectivity index (χ4v) is 5.33. The monoisotopic (exact) mass is 460 g/mol. The number of carbonyl (C=O) groups excluding carboxylic acids is 2. The molecule has 3 rings (SSSR count). The maximum atomic E-state index is 13.4. The van der Waals surface area contributed by atoms with Crippen LogP contribution in [0.1, 0.15) is 43.7 Å². The van der Waals surface area contributed by atoms with Gasteiger partial charge in [-0.3, -0.25) is 9.59 Å². The average Bonchev–Trinajstić information content (AvgIpc) is 3.19. The molecule has 1 heterocycles. The van der Waals surface area contributed by atoms with Crippen molar-refractivity contribution in [1.82, 2.24) is 5.32 Å². The lowest BCUT2D eigenvalue weighted by Crippen LogP contribution is -2.53. The van der Waals surface area contributed by atoms with Crippen LogP contribution in [0.5, 0.6) is 0 Å². The van der Waals surface area contributed by atoms with Gasteiger partial charge in [0.05, 0.1) is 16.5 Å². The molecule has 0 aliphatic heterocycles. The number of benzene rings is 1. The van der Waals surface area contributed by atoms with Gasteiger partial charge in [0.25, 0.3) is 0 Å². The molecule has 0 bridgehead atoms. The molecule has 1 atom stereocenters. The van der Waals surface area contributed by atoms with E-state index in [4.69, 9.17) is 4.74 Å². The molecule has 1 fully saturated rings. The molecule has 31 heavy (non-hydrogen) atoms. The third-order valence-corrected chi connectivity index (χ3v) is 7.53. The Labute approximate surface area is 194 Å². The van der Waals surface area contributed by atoms with E-state index in [0.717, 1.165) is 41.8 Å². The SMILES string of the molecule is CCOC1CCC(CS)(C(=O)N[C@@H](Cc2ccccc2)C(=O)Nc2cc(C)cs2)CC1.